The Balaban J connectivity index is 2.07. The Morgan fingerprint density at radius 2 is 2.06 bits per heavy atom. The lowest BCUT2D eigenvalue weighted by Crippen LogP contribution is -2.33. The predicted octanol–water partition coefficient (Wildman–Crippen LogP) is 2.45. The maximum absolute atomic E-state index is 12.0. The summed E-state index contributed by atoms with van der Waals surface area (Å²) in [5.41, 5.74) is 1.44. The van der Waals surface area contributed by atoms with Gasteiger partial charge in [-0.05, 0) is 37.1 Å². The van der Waals surface area contributed by atoms with Gasteiger partial charge < -0.3 is 10.0 Å². The van der Waals surface area contributed by atoms with Crippen LogP contribution in [0.4, 0.5) is 0 Å². The molecule has 0 bridgehead atoms. The third-order valence-corrected chi connectivity index (χ3v) is 3.32. The number of halogens is 1. The van der Waals surface area contributed by atoms with Gasteiger partial charge in [0.25, 0.3) is 0 Å². The van der Waals surface area contributed by atoms with Crippen molar-refractivity contribution in [2.75, 3.05) is 0 Å². The maximum Gasteiger partial charge on any atom is 0.226 e. The van der Waals surface area contributed by atoms with Crippen molar-refractivity contribution in [3.8, 4) is 0 Å². The highest BCUT2D eigenvalue weighted by molar-refractivity contribution is 9.10. The number of fused-ring (bicyclic) bond motifs is 1. The molecule has 1 aliphatic heterocycles. The summed E-state index contributed by atoms with van der Waals surface area (Å²) >= 11 is 3.43. The van der Waals surface area contributed by atoms with Gasteiger partial charge in [0.05, 0.1) is 12.0 Å². The number of hydrogen-bond acceptors (Lipinski definition) is 2. The number of amides is 1. The second-order valence-corrected chi connectivity index (χ2v) is 6.07. The lowest BCUT2D eigenvalue weighted by atomic mass is 10.1. The fourth-order valence-corrected chi connectivity index (χ4v) is 2.43. The van der Waals surface area contributed by atoms with Gasteiger partial charge in [0.2, 0.25) is 5.91 Å². The SMILES string of the molecule is CC(C)(O)CC(=O)N1Cc2ccc(Br)cc2C1. The van der Waals surface area contributed by atoms with Crippen LogP contribution in [0, 0.1) is 0 Å². The highest BCUT2D eigenvalue weighted by Crippen LogP contribution is 2.27. The molecular formula is C13H16BrNO2. The van der Waals surface area contributed by atoms with E-state index in [0.717, 1.165) is 4.47 Å². The molecule has 0 saturated heterocycles. The third kappa shape index (κ3) is 3.07. The number of carbonyl (C=O) groups excluding carboxylic acids is 1. The molecule has 1 aromatic rings. The molecule has 1 N–H and O–H groups in total. The molecular weight excluding hydrogens is 282 g/mol. The van der Waals surface area contributed by atoms with Crippen molar-refractivity contribution in [3.63, 3.8) is 0 Å². The summed E-state index contributed by atoms with van der Waals surface area (Å²) in [4.78, 5) is 13.8. The summed E-state index contributed by atoms with van der Waals surface area (Å²) in [6.45, 7) is 4.61. The molecule has 0 unspecified atom stereocenters. The monoisotopic (exact) mass is 297 g/mol. The maximum atomic E-state index is 12.0. The quantitative estimate of drug-likeness (QED) is 0.911. The summed E-state index contributed by atoms with van der Waals surface area (Å²) in [6.07, 6.45) is 0.169. The first kappa shape index (κ1) is 12.6. The molecule has 0 fully saturated rings. The summed E-state index contributed by atoms with van der Waals surface area (Å²) in [7, 11) is 0. The number of hydrogen-bond donors (Lipinski definition) is 1. The van der Waals surface area contributed by atoms with Gasteiger partial charge in [-0.3, -0.25) is 4.79 Å². The van der Waals surface area contributed by atoms with E-state index < -0.39 is 5.60 Å². The average Bonchev–Trinajstić information content (AvgIpc) is 2.57. The van der Waals surface area contributed by atoms with E-state index in [1.807, 2.05) is 18.2 Å². The molecule has 4 heteroatoms. The van der Waals surface area contributed by atoms with E-state index in [4.69, 9.17) is 0 Å². The summed E-state index contributed by atoms with van der Waals surface area (Å²) in [6, 6.07) is 6.08. The molecule has 3 nitrogen and oxygen atoms in total. The van der Waals surface area contributed by atoms with Gasteiger partial charge in [-0.1, -0.05) is 22.0 Å². The molecule has 1 aliphatic rings. The van der Waals surface area contributed by atoms with Crippen LogP contribution >= 0.6 is 15.9 Å². The molecule has 0 radical (unpaired) electrons. The van der Waals surface area contributed by atoms with Crippen LogP contribution in [0.25, 0.3) is 0 Å². The van der Waals surface area contributed by atoms with E-state index in [1.54, 1.807) is 18.7 Å². The summed E-state index contributed by atoms with van der Waals surface area (Å²) in [5.74, 6) is 0.00447. The highest BCUT2D eigenvalue weighted by Gasteiger charge is 2.27. The molecule has 17 heavy (non-hydrogen) atoms. The molecule has 0 spiro atoms. The number of carbonyl (C=O) groups is 1. The van der Waals surface area contributed by atoms with Crippen LogP contribution in [-0.2, 0) is 17.9 Å². The fraction of sp³-hybridized carbons (Fsp3) is 0.462. The highest BCUT2D eigenvalue weighted by atomic mass is 79.9. The summed E-state index contributed by atoms with van der Waals surface area (Å²) < 4.78 is 1.04. The Morgan fingerprint density at radius 3 is 2.71 bits per heavy atom. The Bertz CT molecular complexity index is 451. The first-order valence-corrected chi connectivity index (χ1v) is 6.42. The number of aliphatic hydroxyl groups is 1. The van der Waals surface area contributed by atoms with Crippen LogP contribution in [0.2, 0.25) is 0 Å². The standard InChI is InChI=1S/C13H16BrNO2/c1-13(2,17)6-12(16)15-7-9-3-4-11(14)5-10(9)8-15/h3-5,17H,6-8H2,1-2H3. The first-order valence-electron chi connectivity index (χ1n) is 5.63. The van der Waals surface area contributed by atoms with Crippen LogP contribution in [-0.4, -0.2) is 21.5 Å². The molecule has 0 atom stereocenters. The van der Waals surface area contributed by atoms with E-state index >= 15 is 0 Å². The van der Waals surface area contributed by atoms with Crippen molar-refractivity contribution in [1.82, 2.24) is 4.90 Å². The van der Waals surface area contributed by atoms with E-state index in [1.165, 1.54) is 11.1 Å². The third-order valence-electron chi connectivity index (χ3n) is 2.83. The van der Waals surface area contributed by atoms with E-state index in [-0.39, 0.29) is 12.3 Å². The molecule has 1 aromatic carbocycles. The Hall–Kier alpha value is -0.870. The number of rotatable bonds is 2. The topological polar surface area (TPSA) is 40.5 Å². The number of nitrogens with zero attached hydrogens (tertiary/aromatic N) is 1. The van der Waals surface area contributed by atoms with Crippen LogP contribution in [0.5, 0.6) is 0 Å². The number of benzene rings is 1. The van der Waals surface area contributed by atoms with Crippen LogP contribution in [0.15, 0.2) is 22.7 Å². The predicted molar refractivity (Wildman–Crippen MR) is 69.3 cm³/mol. The minimum atomic E-state index is -0.938. The molecule has 1 amide bonds. The van der Waals surface area contributed by atoms with Crippen molar-refractivity contribution in [2.45, 2.75) is 39.0 Å². The van der Waals surface area contributed by atoms with Crippen LogP contribution < -0.4 is 0 Å². The van der Waals surface area contributed by atoms with Gasteiger partial charge in [0.1, 0.15) is 0 Å². The normalized spacial score (nSPS) is 14.9. The van der Waals surface area contributed by atoms with Gasteiger partial charge in [-0.15, -0.1) is 0 Å². The van der Waals surface area contributed by atoms with E-state index in [0.29, 0.717) is 13.1 Å². The van der Waals surface area contributed by atoms with Crippen molar-refractivity contribution in [3.05, 3.63) is 33.8 Å². The first-order chi connectivity index (χ1) is 7.85. The molecule has 0 aromatic heterocycles. The lowest BCUT2D eigenvalue weighted by molar-refractivity contribution is -0.135. The van der Waals surface area contributed by atoms with Crippen molar-refractivity contribution in [2.24, 2.45) is 0 Å². The lowest BCUT2D eigenvalue weighted by Gasteiger charge is -2.21. The summed E-state index contributed by atoms with van der Waals surface area (Å²) in [5, 5.41) is 9.65. The van der Waals surface area contributed by atoms with Gasteiger partial charge in [-0.25, -0.2) is 0 Å². The van der Waals surface area contributed by atoms with Gasteiger partial charge >= 0.3 is 0 Å². The van der Waals surface area contributed by atoms with Crippen molar-refractivity contribution in [1.29, 1.82) is 0 Å². The second-order valence-electron chi connectivity index (χ2n) is 5.15. The van der Waals surface area contributed by atoms with Gasteiger partial charge in [0.15, 0.2) is 0 Å². The van der Waals surface area contributed by atoms with E-state index in [9.17, 15) is 9.90 Å². The molecule has 0 saturated carbocycles. The zero-order chi connectivity index (χ0) is 12.6. The second kappa shape index (κ2) is 4.42. The fourth-order valence-electron chi connectivity index (χ4n) is 2.02. The smallest absolute Gasteiger partial charge is 0.226 e. The average molecular weight is 298 g/mol. The van der Waals surface area contributed by atoms with Crippen molar-refractivity contribution < 1.29 is 9.90 Å². The van der Waals surface area contributed by atoms with Gasteiger partial charge in [0, 0.05) is 17.6 Å². The Labute approximate surface area is 110 Å². The molecule has 1 heterocycles. The minimum absolute atomic E-state index is 0.00447. The zero-order valence-electron chi connectivity index (χ0n) is 10.0. The molecule has 92 valence electrons. The molecule has 0 aliphatic carbocycles. The Morgan fingerprint density at radius 1 is 1.41 bits per heavy atom. The van der Waals surface area contributed by atoms with Crippen LogP contribution in [0.1, 0.15) is 31.4 Å². The largest absolute Gasteiger partial charge is 0.390 e. The van der Waals surface area contributed by atoms with Crippen molar-refractivity contribution >= 4 is 21.8 Å². The zero-order valence-corrected chi connectivity index (χ0v) is 11.6. The van der Waals surface area contributed by atoms with Gasteiger partial charge in [-0.2, -0.15) is 0 Å². The molecule has 2 rings (SSSR count). The minimum Gasteiger partial charge on any atom is -0.390 e. The van der Waals surface area contributed by atoms with E-state index in [2.05, 4.69) is 15.9 Å². The Kier molecular flexibility index (Phi) is 3.27. The van der Waals surface area contributed by atoms with Crippen LogP contribution in [0.3, 0.4) is 0 Å².